The molecule has 2 rings (SSSR count). The maximum Gasteiger partial charge on any atom is 0.323 e. The highest BCUT2D eigenvalue weighted by Crippen LogP contribution is 2.06. The molecule has 0 saturated heterocycles. The summed E-state index contributed by atoms with van der Waals surface area (Å²) in [4.78, 5) is 3.54. The van der Waals surface area contributed by atoms with Gasteiger partial charge < -0.3 is 9.84 Å². The summed E-state index contributed by atoms with van der Waals surface area (Å²) in [5.74, 6) is 0.134. The molecule has 0 fully saturated rings. The number of ether oxygens (including phenoxy) is 1. The van der Waals surface area contributed by atoms with E-state index in [9.17, 15) is 5.11 Å². The van der Waals surface area contributed by atoms with Crippen molar-refractivity contribution < 1.29 is 19.0 Å². The summed E-state index contributed by atoms with van der Waals surface area (Å²) in [6.07, 6.45) is 1.68. The first-order valence-electron chi connectivity index (χ1n) is 5.48. The number of hydrogen-bond donors (Lipinski definition) is 0. The van der Waals surface area contributed by atoms with Crippen LogP contribution in [0, 0.1) is 0 Å². The van der Waals surface area contributed by atoms with E-state index in [2.05, 4.69) is 15.0 Å². The van der Waals surface area contributed by atoms with Gasteiger partial charge in [-0.3, -0.25) is 4.52 Å². The van der Waals surface area contributed by atoms with Gasteiger partial charge in [-0.05, 0) is 12.7 Å². The van der Waals surface area contributed by atoms with Crippen molar-refractivity contribution in [2.75, 3.05) is 7.11 Å². The number of rotatable bonds is 4. The van der Waals surface area contributed by atoms with Crippen LogP contribution in [0.15, 0.2) is 46.0 Å². The Morgan fingerprint density at radius 2 is 2.22 bits per heavy atom. The maximum atomic E-state index is 10.9. The SMILES string of the molecule is CO/C([O-])=N/c1c[n+](CCc2ccccc2)no1. The first-order chi connectivity index (χ1) is 8.78. The second-order valence-corrected chi connectivity index (χ2v) is 3.62. The summed E-state index contributed by atoms with van der Waals surface area (Å²) in [5, 5.41) is 14.6. The molecule has 6 nitrogen and oxygen atoms in total. The van der Waals surface area contributed by atoms with E-state index in [4.69, 9.17) is 4.52 Å². The predicted molar refractivity (Wildman–Crippen MR) is 60.9 cm³/mol. The molecule has 0 aliphatic rings. The molecule has 94 valence electrons. The van der Waals surface area contributed by atoms with Crippen molar-refractivity contribution in [2.45, 2.75) is 13.0 Å². The molecule has 0 N–H and O–H groups in total. The van der Waals surface area contributed by atoms with Gasteiger partial charge in [-0.1, -0.05) is 35.0 Å². The van der Waals surface area contributed by atoms with Crippen LogP contribution < -0.4 is 9.79 Å². The maximum absolute atomic E-state index is 10.9. The molecule has 0 amide bonds. The molecule has 0 spiro atoms. The molecular formula is C12H13N3O3. The van der Waals surface area contributed by atoms with E-state index >= 15 is 0 Å². The Hall–Kier alpha value is -2.37. The average molecular weight is 247 g/mol. The largest absolute Gasteiger partial charge is 0.603 e. The summed E-state index contributed by atoms with van der Waals surface area (Å²) in [6.45, 7) is 0.657. The van der Waals surface area contributed by atoms with E-state index in [1.54, 1.807) is 10.9 Å². The molecule has 0 aliphatic carbocycles. The third-order valence-electron chi connectivity index (χ3n) is 2.35. The van der Waals surface area contributed by atoms with Crippen molar-refractivity contribution in [2.24, 2.45) is 4.99 Å². The van der Waals surface area contributed by atoms with Crippen LogP contribution in [0.25, 0.3) is 0 Å². The Morgan fingerprint density at radius 3 is 2.94 bits per heavy atom. The van der Waals surface area contributed by atoms with E-state index < -0.39 is 6.08 Å². The summed E-state index contributed by atoms with van der Waals surface area (Å²) >= 11 is 0. The Morgan fingerprint density at radius 1 is 1.44 bits per heavy atom. The molecule has 0 aliphatic heterocycles. The fourth-order valence-corrected chi connectivity index (χ4v) is 1.45. The second-order valence-electron chi connectivity index (χ2n) is 3.62. The molecule has 1 aromatic heterocycles. The summed E-state index contributed by atoms with van der Waals surface area (Å²) in [5.41, 5.74) is 1.21. The molecule has 0 saturated carbocycles. The molecule has 0 unspecified atom stereocenters. The predicted octanol–water partition coefficient (Wildman–Crippen LogP) is 0.199. The van der Waals surface area contributed by atoms with Crippen LogP contribution in [0.3, 0.4) is 0 Å². The Bertz CT molecular complexity index is 522. The molecule has 1 aromatic carbocycles. The van der Waals surface area contributed by atoms with Crippen molar-refractivity contribution in [3.05, 3.63) is 42.1 Å². The smallest absolute Gasteiger partial charge is 0.323 e. The Kier molecular flexibility index (Phi) is 3.90. The lowest BCUT2D eigenvalue weighted by Crippen LogP contribution is -2.35. The first-order valence-corrected chi connectivity index (χ1v) is 5.48. The number of aryl methyl sites for hydroxylation is 2. The number of methoxy groups -OCH3 is 1. The highest BCUT2D eigenvalue weighted by Gasteiger charge is 2.10. The van der Waals surface area contributed by atoms with Crippen LogP contribution in [0.4, 0.5) is 5.88 Å². The van der Waals surface area contributed by atoms with Gasteiger partial charge in [0.25, 0.3) is 6.20 Å². The summed E-state index contributed by atoms with van der Waals surface area (Å²) in [6, 6.07) is 10.0. The van der Waals surface area contributed by atoms with Crippen molar-refractivity contribution >= 4 is 12.0 Å². The molecule has 2 aromatic rings. The van der Waals surface area contributed by atoms with Crippen molar-refractivity contribution in [1.29, 1.82) is 0 Å². The lowest BCUT2D eigenvalue weighted by Gasteiger charge is -2.02. The van der Waals surface area contributed by atoms with E-state index in [1.165, 1.54) is 12.7 Å². The molecule has 0 radical (unpaired) electrons. The Balaban J connectivity index is 1.95. The van der Waals surface area contributed by atoms with Gasteiger partial charge in [0.15, 0.2) is 12.6 Å². The van der Waals surface area contributed by atoms with Gasteiger partial charge in [-0.25, -0.2) is 0 Å². The normalized spacial score (nSPS) is 11.5. The van der Waals surface area contributed by atoms with Gasteiger partial charge in [0.2, 0.25) is 5.27 Å². The van der Waals surface area contributed by atoms with Crippen molar-refractivity contribution in [1.82, 2.24) is 5.27 Å². The fraction of sp³-hybridized carbons (Fsp3) is 0.250. The highest BCUT2D eigenvalue weighted by atomic mass is 16.6. The van der Waals surface area contributed by atoms with Crippen LogP contribution in [0.5, 0.6) is 0 Å². The molecule has 1 heterocycles. The van der Waals surface area contributed by atoms with Crippen LogP contribution in [0.1, 0.15) is 5.56 Å². The van der Waals surface area contributed by atoms with Crippen molar-refractivity contribution in [3.63, 3.8) is 0 Å². The zero-order valence-electron chi connectivity index (χ0n) is 9.94. The zero-order valence-corrected chi connectivity index (χ0v) is 9.94. The number of hydrogen-bond acceptors (Lipinski definition) is 5. The zero-order chi connectivity index (χ0) is 12.8. The van der Waals surface area contributed by atoms with Crippen LogP contribution >= 0.6 is 0 Å². The second kappa shape index (κ2) is 5.81. The van der Waals surface area contributed by atoms with Gasteiger partial charge in [0.1, 0.15) is 0 Å². The minimum atomic E-state index is -0.707. The monoisotopic (exact) mass is 247 g/mol. The van der Waals surface area contributed by atoms with E-state index in [-0.39, 0.29) is 5.88 Å². The van der Waals surface area contributed by atoms with E-state index in [0.29, 0.717) is 6.54 Å². The van der Waals surface area contributed by atoms with Crippen LogP contribution in [-0.2, 0) is 17.7 Å². The van der Waals surface area contributed by atoms with Crippen LogP contribution in [0.2, 0.25) is 0 Å². The standard InChI is InChI=1S/C12H13N3O3/c1-17-12(16)13-11-9-15(14-18-11)8-7-10-5-3-2-4-6-10/h2-6,9H,7-8H2,1H3. The number of benzene rings is 1. The van der Waals surface area contributed by atoms with Crippen molar-refractivity contribution in [3.8, 4) is 0 Å². The van der Waals surface area contributed by atoms with Gasteiger partial charge in [0.05, 0.1) is 0 Å². The molecular weight excluding hydrogens is 234 g/mol. The third kappa shape index (κ3) is 3.31. The quantitative estimate of drug-likeness (QED) is 0.439. The van der Waals surface area contributed by atoms with Gasteiger partial charge in [-0.2, -0.15) is 4.99 Å². The third-order valence-corrected chi connectivity index (χ3v) is 2.35. The first kappa shape index (κ1) is 12.1. The number of nitrogens with zero attached hydrogens (tertiary/aromatic N) is 3. The average Bonchev–Trinajstić information content (AvgIpc) is 2.85. The molecule has 0 bridgehead atoms. The topological polar surface area (TPSA) is 74.6 Å². The number of aromatic nitrogens is 2. The molecule has 0 atom stereocenters. The highest BCUT2D eigenvalue weighted by molar-refractivity contribution is 5.64. The van der Waals surface area contributed by atoms with Gasteiger partial charge in [0, 0.05) is 6.42 Å². The minimum absolute atomic E-state index is 0.134. The lowest BCUT2D eigenvalue weighted by atomic mass is 10.1. The van der Waals surface area contributed by atoms with E-state index in [1.807, 2.05) is 30.3 Å². The summed E-state index contributed by atoms with van der Waals surface area (Å²) in [7, 11) is 1.26. The van der Waals surface area contributed by atoms with Gasteiger partial charge in [-0.15, -0.1) is 0 Å². The lowest BCUT2D eigenvalue weighted by molar-refractivity contribution is -0.761. The molecule has 6 heteroatoms. The Labute approximate surface area is 104 Å². The minimum Gasteiger partial charge on any atom is -0.603 e. The van der Waals surface area contributed by atoms with E-state index in [0.717, 1.165) is 6.42 Å². The van der Waals surface area contributed by atoms with Gasteiger partial charge >= 0.3 is 5.88 Å². The van der Waals surface area contributed by atoms with Crippen LogP contribution in [-0.4, -0.2) is 18.5 Å². The summed E-state index contributed by atoms with van der Waals surface area (Å²) < 4.78 is 10.9. The number of aliphatic imine (C=N–C) groups is 1. The molecule has 18 heavy (non-hydrogen) atoms. The fourth-order valence-electron chi connectivity index (χ4n) is 1.45.